The first-order chi connectivity index (χ1) is 11.6. The highest BCUT2D eigenvalue weighted by Gasteiger charge is 2.23. The Balaban J connectivity index is 1.46. The Morgan fingerprint density at radius 1 is 1.25 bits per heavy atom. The summed E-state index contributed by atoms with van der Waals surface area (Å²) in [6.45, 7) is 2.33. The Labute approximate surface area is 143 Å². The van der Waals surface area contributed by atoms with E-state index in [0.717, 1.165) is 0 Å². The summed E-state index contributed by atoms with van der Waals surface area (Å²) in [6.07, 6.45) is -0.260. The van der Waals surface area contributed by atoms with Crippen molar-refractivity contribution < 1.29 is 19.1 Å². The normalized spacial score (nSPS) is 17.0. The Hall–Kier alpha value is -2.54. The predicted molar refractivity (Wildman–Crippen MR) is 90.6 cm³/mol. The second-order valence-corrected chi connectivity index (χ2v) is 6.36. The number of para-hydroxylation sites is 2. The largest absolute Gasteiger partial charge is 0.486 e. The van der Waals surface area contributed by atoms with Crippen LogP contribution in [-0.4, -0.2) is 37.1 Å². The molecular formula is C17H18N2O4S. The molecule has 0 aliphatic carbocycles. The van der Waals surface area contributed by atoms with Crippen molar-refractivity contribution in [3.8, 4) is 11.5 Å². The lowest BCUT2D eigenvalue weighted by atomic mass is 10.2. The maximum absolute atomic E-state index is 12.1. The Morgan fingerprint density at radius 3 is 2.79 bits per heavy atom. The molecule has 7 heteroatoms. The smallest absolute Gasteiger partial charge is 0.261 e. The number of amides is 2. The van der Waals surface area contributed by atoms with Gasteiger partial charge in [0, 0.05) is 0 Å². The summed E-state index contributed by atoms with van der Waals surface area (Å²) in [5.41, 5.74) is 0. The molecule has 2 N–H and O–H groups in total. The van der Waals surface area contributed by atoms with Gasteiger partial charge in [0.25, 0.3) is 5.91 Å². The van der Waals surface area contributed by atoms with E-state index in [2.05, 4.69) is 10.6 Å². The maximum atomic E-state index is 12.1. The van der Waals surface area contributed by atoms with Crippen LogP contribution < -0.4 is 20.1 Å². The van der Waals surface area contributed by atoms with E-state index in [1.165, 1.54) is 11.3 Å². The van der Waals surface area contributed by atoms with Crippen molar-refractivity contribution in [1.29, 1.82) is 0 Å². The molecule has 0 bridgehead atoms. The third-order valence-electron chi connectivity index (χ3n) is 3.56. The molecule has 1 aromatic heterocycles. The molecule has 0 saturated heterocycles. The Kier molecular flexibility index (Phi) is 5.00. The number of ether oxygens (including phenoxy) is 2. The fourth-order valence-corrected chi connectivity index (χ4v) is 2.90. The van der Waals surface area contributed by atoms with Crippen molar-refractivity contribution in [2.45, 2.75) is 19.1 Å². The van der Waals surface area contributed by atoms with E-state index in [-0.39, 0.29) is 17.9 Å². The van der Waals surface area contributed by atoms with Crippen LogP contribution in [0, 0.1) is 0 Å². The van der Waals surface area contributed by atoms with E-state index >= 15 is 0 Å². The molecule has 126 valence electrons. The predicted octanol–water partition coefficient (Wildman–Crippen LogP) is 1.82. The van der Waals surface area contributed by atoms with E-state index in [9.17, 15) is 9.59 Å². The molecule has 1 aliphatic heterocycles. The molecule has 2 aromatic rings. The van der Waals surface area contributed by atoms with Crippen molar-refractivity contribution in [2.24, 2.45) is 0 Å². The topological polar surface area (TPSA) is 76.7 Å². The van der Waals surface area contributed by atoms with Crippen LogP contribution in [0.1, 0.15) is 16.6 Å². The van der Waals surface area contributed by atoms with Crippen LogP contribution in [0.15, 0.2) is 41.8 Å². The lowest BCUT2D eigenvalue weighted by Crippen LogP contribution is -2.48. The van der Waals surface area contributed by atoms with Gasteiger partial charge in [-0.25, -0.2) is 0 Å². The number of carbonyl (C=O) groups is 2. The number of benzene rings is 1. The average Bonchev–Trinajstić information content (AvgIpc) is 3.14. The molecule has 0 radical (unpaired) electrons. The van der Waals surface area contributed by atoms with Crippen LogP contribution in [-0.2, 0) is 4.79 Å². The van der Waals surface area contributed by atoms with Crippen LogP contribution in [0.25, 0.3) is 0 Å². The minimum Gasteiger partial charge on any atom is -0.486 e. The van der Waals surface area contributed by atoms with Crippen LogP contribution in [0.3, 0.4) is 0 Å². The standard InChI is InChI=1S/C17H18N2O4S/c1-11(19-17(21)15-7-4-8-24-15)16(20)18-9-12-10-22-13-5-2-3-6-14(13)23-12/h2-8,11-12H,9-10H2,1H3,(H,18,20)(H,19,21). The molecule has 2 unspecified atom stereocenters. The molecule has 0 saturated carbocycles. The minimum atomic E-state index is -0.628. The number of thiophene rings is 1. The zero-order valence-corrected chi connectivity index (χ0v) is 14.0. The zero-order valence-electron chi connectivity index (χ0n) is 13.2. The van der Waals surface area contributed by atoms with Gasteiger partial charge in [-0.3, -0.25) is 9.59 Å². The summed E-state index contributed by atoms with van der Waals surface area (Å²) in [5.74, 6) is 0.861. The molecule has 24 heavy (non-hydrogen) atoms. The third kappa shape index (κ3) is 3.86. The highest BCUT2D eigenvalue weighted by atomic mass is 32.1. The van der Waals surface area contributed by atoms with E-state index < -0.39 is 6.04 Å². The van der Waals surface area contributed by atoms with Gasteiger partial charge in [-0.05, 0) is 30.5 Å². The monoisotopic (exact) mass is 346 g/mol. The second kappa shape index (κ2) is 7.35. The van der Waals surface area contributed by atoms with Crippen LogP contribution in [0.4, 0.5) is 0 Å². The third-order valence-corrected chi connectivity index (χ3v) is 4.43. The van der Waals surface area contributed by atoms with Crippen molar-refractivity contribution in [3.05, 3.63) is 46.7 Å². The first kappa shape index (κ1) is 16.3. The molecule has 2 atom stereocenters. The SMILES string of the molecule is CC(NC(=O)c1cccs1)C(=O)NCC1COc2ccccc2O1. The van der Waals surface area contributed by atoms with Gasteiger partial charge >= 0.3 is 0 Å². The van der Waals surface area contributed by atoms with Gasteiger partial charge in [-0.2, -0.15) is 0 Å². The van der Waals surface area contributed by atoms with Gasteiger partial charge < -0.3 is 20.1 Å². The van der Waals surface area contributed by atoms with E-state index in [4.69, 9.17) is 9.47 Å². The van der Waals surface area contributed by atoms with Gasteiger partial charge in [0.15, 0.2) is 11.5 Å². The number of rotatable bonds is 5. The van der Waals surface area contributed by atoms with Crippen LogP contribution in [0.5, 0.6) is 11.5 Å². The molecule has 3 rings (SSSR count). The quantitative estimate of drug-likeness (QED) is 0.866. The molecule has 1 aromatic carbocycles. The summed E-state index contributed by atoms with van der Waals surface area (Å²) in [6, 6.07) is 10.3. The molecule has 0 fully saturated rings. The molecule has 6 nitrogen and oxygen atoms in total. The van der Waals surface area contributed by atoms with E-state index in [0.29, 0.717) is 29.5 Å². The summed E-state index contributed by atoms with van der Waals surface area (Å²) < 4.78 is 11.4. The maximum Gasteiger partial charge on any atom is 0.261 e. The van der Waals surface area contributed by atoms with Crippen molar-refractivity contribution >= 4 is 23.2 Å². The first-order valence-corrected chi connectivity index (χ1v) is 8.52. The number of carbonyl (C=O) groups excluding carboxylic acids is 2. The average molecular weight is 346 g/mol. The fraction of sp³-hybridized carbons (Fsp3) is 0.294. The second-order valence-electron chi connectivity index (χ2n) is 5.42. The molecular weight excluding hydrogens is 328 g/mol. The van der Waals surface area contributed by atoms with Crippen molar-refractivity contribution in [1.82, 2.24) is 10.6 Å². The van der Waals surface area contributed by atoms with Crippen LogP contribution >= 0.6 is 11.3 Å². The van der Waals surface area contributed by atoms with E-state index in [1.807, 2.05) is 29.6 Å². The Morgan fingerprint density at radius 2 is 2.04 bits per heavy atom. The lowest BCUT2D eigenvalue weighted by molar-refractivity contribution is -0.123. The molecule has 0 spiro atoms. The zero-order chi connectivity index (χ0) is 16.9. The minimum absolute atomic E-state index is 0.251. The number of nitrogens with one attached hydrogen (secondary N) is 2. The molecule has 1 aliphatic rings. The van der Waals surface area contributed by atoms with Gasteiger partial charge in [-0.15, -0.1) is 11.3 Å². The van der Waals surface area contributed by atoms with Gasteiger partial charge in [-0.1, -0.05) is 18.2 Å². The lowest BCUT2D eigenvalue weighted by Gasteiger charge is -2.27. The summed E-state index contributed by atoms with van der Waals surface area (Å²) in [4.78, 5) is 24.6. The van der Waals surface area contributed by atoms with Gasteiger partial charge in [0.2, 0.25) is 5.91 Å². The summed E-state index contributed by atoms with van der Waals surface area (Å²) in [7, 11) is 0. The number of fused-ring (bicyclic) bond motifs is 1. The molecule has 2 amide bonds. The highest BCUT2D eigenvalue weighted by molar-refractivity contribution is 7.12. The van der Waals surface area contributed by atoms with Crippen molar-refractivity contribution in [2.75, 3.05) is 13.2 Å². The number of hydrogen-bond acceptors (Lipinski definition) is 5. The molecule has 2 heterocycles. The van der Waals surface area contributed by atoms with Gasteiger partial charge in [0.05, 0.1) is 11.4 Å². The fourth-order valence-electron chi connectivity index (χ4n) is 2.27. The summed E-state index contributed by atoms with van der Waals surface area (Å²) >= 11 is 1.33. The number of hydrogen-bond donors (Lipinski definition) is 2. The highest BCUT2D eigenvalue weighted by Crippen LogP contribution is 2.30. The van der Waals surface area contributed by atoms with Crippen molar-refractivity contribution in [3.63, 3.8) is 0 Å². The first-order valence-electron chi connectivity index (χ1n) is 7.64. The van der Waals surface area contributed by atoms with E-state index in [1.54, 1.807) is 19.1 Å². The summed E-state index contributed by atoms with van der Waals surface area (Å²) in [5, 5.41) is 7.27. The van der Waals surface area contributed by atoms with Crippen LogP contribution in [0.2, 0.25) is 0 Å². The van der Waals surface area contributed by atoms with Gasteiger partial charge in [0.1, 0.15) is 18.8 Å². The Bertz CT molecular complexity index is 717.